The Morgan fingerprint density at radius 2 is 2.00 bits per heavy atom. The molecule has 0 unspecified atom stereocenters. The zero-order valence-corrected chi connectivity index (χ0v) is 18.8. The van der Waals surface area contributed by atoms with Crippen LogP contribution >= 0.6 is 0 Å². The first-order chi connectivity index (χ1) is 15.3. The van der Waals surface area contributed by atoms with Crippen molar-refractivity contribution in [2.24, 2.45) is 0 Å². The Labute approximate surface area is 186 Å². The molecule has 0 radical (unpaired) electrons. The van der Waals surface area contributed by atoms with Crippen molar-refractivity contribution in [3.63, 3.8) is 0 Å². The van der Waals surface area contributed by atoms with Crippen molar-refractivity contribution in [2.75, 3.05) is 34.0 Å². The summed E-state index contributed by atoms with van der Waals surface area (Å²) in [6.07, 6.45) is 2.98. The molecule has 0 spiro atoms. The highest BCUT2D eigenvalue weighted by Crippen LogP contribution is 2.53. The van der Waals surface area contributed by atoms with Crippen molar-refractivity contribution in [3.8, 4) is 22.8 Å². The number of rotatable bonds is 7. The number of aromatic carboxylic acids is 1. The molecule has 0 bridgehead atoms. The number of aromatic nitrogens is 1. The van der Waals surface area contributed by atoms with E-state index in [-0.39, 0.29) is 17.5 Å². The monoisotopic (exact) mass is 443 g/mol. The summed E-state index contributed by atoms with van der Waals surface area (Å²) in [5.74, 6) is 0.0350. The Balaban J connectivity index is 1.90. The largest absolute Gasteiger partial charge is 0.493 e. The number of hydrogen-bond donors (Lipinski definition) is 1. The molecule has 1 fully saturated rings. The number of fused-ring (bicyclic) bond motifs is 6. The molecule has 1 aromatic heterocycles. The van der Waals surface area contributed by atoms with Gasteiger partial charge in [0, 0.05) is 50.5 Å². The normalized spacial score (nSPS) is 20.6. The highest BCUT2D eigenvalue weighted by Gasteiger charge is 2.46. The standard InChI is InChI=1S/C24H29NO7/c1-24(2)22-14(6-9-32-24)15-10-21(31-8-5-7-29-3)20(30-4)11-16(15)18-12-19(26)17(23(27)28)13-25(18)22/h10-14,22H,5-9H2,1-4H3,(H,27,28)/t14-,22+/m1/s1. The van der Waals surface area contributed by atoms with Gasteiger partial charge in [-0.1, -0.05) is 0 Å². The molecular weight excluding hydrogens is 414 g/mol. The molecule has 2 aliphatic rings. The average Bonchev–Trinajstić information content (AvgIpc) is 2.75. The van der Waals surface area contributed by atoms with Gasteiger partial charge in [0.15, 0.2) is 16.9 Å². The number of carbonyl (C=O) groups is 1. The van der Waals surface area contributed by atoms with Crippen LogP contribution in [0, 0.1) is 0 Å². The molecule has 3 heterocycles. The first-order valence-corrected chi connectivity index (χ1v) is 10.8. The molecule has 0 saturated carbocycles. The van der Waals surface area contributed by atoms with Gasteiger partial charge in [-0.25, -0.2) is 4.79 Å². The van der Waals surface area contributed by atoms with Crippen molar-refractivity contribution in [3.05, 3.63) is 45.7 Å². The maximum absolute atomic E-state index is 12.6. The Hall–Kier alpha value is -2.84. The minimum Gasteiger partial charge on any atom is -0.493 e. The number of methoxy groups -OCH3 is 2. The molecule has 2 aromatic rings. The molecule has 0 aliphatic carbocycles. The lowest BCUT2D eigenvalue weighted by atomic mass is 9.73. The zero-order valence-electron chi connectivity index (χ0n) is 18.8. The van der Waals surface area contributed by atoms with Crippen LogP contribution in [0.1, 0.15) is 54.6 Å². The van der Waals surface area contributed by atoms with Crippen LogP contribution < -0.4 is 14.9 Å². The van der Waals surface area contributed by atoms with Crippen LogP contribution in [-0.2, 0) is 9.47 Å². The minimum atomic E-state index is -1.24. The van der Waals surface area contributed by atoms with E-state index in [4.69, 9.17) is 18.9 Å². The summed E-state index contributed by atoms with van der Waals surface area (Å²) >= 11 is 0. The van der Waals surface area contributed by atoms with Crippen LogP contribution in [0.5, 0.6) is 11.5 Å². The third-order valence-electron chi connectivity index (χ3n) is 6.37. The molecule has 32 heavy (non-hydrogen) atoms. The lowest BCUT2D eigenvalue weighted by molar-refractivity contribution is -0.0977. The Kier molecular flexibility index (Phi) is 6.01. The van der Waals surface area contributed by atoms with Gasteiger partial charge in [0.1, 0.15) is 5.56 Å². The Morgan fingerprint density at radius 1 is 1.22 bits per heavy atom. The summed E-state index contributed by atoms with van der Waals surface area (Å²) in [6, 6.07) is 5.11. The zero-order chi connectivity index (χ0) is 23.0. The molecule has 1 saturated heterocycles. The number of hydrogen-bond acceptors (Lipinski definition) is 6. The van der Waals surface area contributed by atoms with E-state index in [1.807, 2.05) is 30.5 Å². The molecule has 0 amide bonds. The topological polar surface area (TPSA) is 96.2 Å². The van der Waals surface area contributed by atoms with Gasteiger partial charge in [-0.3, -0.25) is 4.79 Å². The van der Waals surface area contributed by atoms with Gasteiger partial charge < -0.3 is 28.6 Å². The van der Waals surface area contributed by atoms with Crippen molar-refractivity contribution in [1.29, 1.82) is 0 Å². The van der Waals surface area contributed by atoms with Gasteiger partial charge in [0.2, 0.25) is 0 Å². The second kappa shape index (κ2) is 8.60. The lowest BCUT2D eigenvalue weighted by Crippen LogP contribution is -2.47. The number of pyridine rings is 1. The molecule has 1 aromatic carbocycles. The lowest BCUT2D eigenvalue weighted by Gasteiger charge is -2.49. The third-order valence-corrected chi connectivity index (χ3v) is 6.37. The Morgan fingerprint density at radius 3 is 2.69 bits per heavy atom. The van der Waals surface area contributed by atoms with Crippen molar-refractivity contribution < 1.29 is 28.8 Å². The van der Waals surface area contributed by atoms with Gasteiger partial charge >= 0.3 is 5.97 Å². The second-order valence-corrected chi connectivity index (χ2v) is 8.73. The molecule has 172 valence electrons. The van der Waals surface area contributed by atoms with E-state index in [2.05, 4.69) is 0 Å². The number of nitrogens with zero attached hydrogens (tertiary/aromatic N) is 1. The number of carboxylic acids is 1. The number of ether oxygens (including phenoxy) is 4. The SMILES string of the molecule is COCCCOc1cc2c(cc1OC)-c1cc(=O)c(C(=O)O)cn1[C@H]1[C@@H]2CCOC1(C)C. The van der Waals surface area contributed by atoms with Crippen LogP contribution in [0.25, 0.3) is 11.3 Å². The first-order valence-electron chi connectivity index (χ1n) is 10.8. The fourth-order valence-electron chi connectivity index (χ4n) is 4.95. The second-order valence-electron chi connectivity index (χ2n) is 8.73. The summed E-state index contributed by atoms with van der Waals surface area (Å²) in [6.45, 7) is 5.69. The van der Waals surface area contributed by atoms with Crippen LogP contribution in [0.15, 0.2) is 29.2 Å². The Bertz CT molecular complexity index is 1090. The van der Waals surface area contributed by atoms with E-state index in [1.54, 1.807) is 14.2 Å². The van der Waals surface area contributed by atoms with Gasteiger partial charge in [-0.15, -0.1) is 0 Å². The first kappa shape index (κ1) is 22.4. The summed E-state index contributed by atoms with van der Waals surface area (Å²) in [5.41, 5.74) is 1.22. The molecule has 2 aliphatic heterocycles. The highest BCUT2D eigenvalue weighted by molar-refractivity contribution is 5.88. The van der Waals surface area contributed by atoms with Crippen molar-refractivity contribution in [1.82, 2.24) is 4.57 Å². The fourth-order valence-corrected chi connectivity index (χ4v) is 4.95. The van der Waals surface area contributed by atoms with Crippen LogP contribution in [0.3, 0.4) is 0 Å². The van der Waals surface area contributed by atoms with Crippen LogP contribution in [-0.4, -0.2) is 55.3 Å². The summed E-state index contributed by atoms with van der Waals surface area (Å²) < 4.78 is 24.7. The molecule has 1 N–H and O–H groups in total. The maximum atomic E-state index is 12.6. The predicted molar refractivity (Wildman–Crippen MR) is 118 cm³/mol. The molecule has 8 heteroatoms. The van der Waals surface area contributed by atoms with Gasteiger partial charge in [0.05, 0.1) is 31.1 Å². The van der Waals surface area contributed by atoms with Gasteiger partial charge in [0.25, 0.3) is 0 Å². The number of benzene rings is 1. The molecular formula is C24H29NO7. The summed E-state index contributed by atoms with van der Waals surface area (Å²) in [5, 5.41) is 9.54. The molecule has 2 atom stereocenters. The van der Waals surface area contributed by atoms with E-state index in [9.17, 15) is 14.7 Å². The summed E-state index contributed by atoms with van der Waals surface area (Å²) in [7, 11) is 3.23. The van der Waals surface area contributed by atoms with Gasteiger partial charge in [-0.05, 0) is 38.0 Å². The van der Waals surface area contributed by atoms with Crippen molar-refractivity contribution >= 4 is 5.97 Å². The highest BCUT2D eigenvalue weighted by atomic mass is 16.5. The van der Waals surface area contributed by atoms with Crippen LogP contribution in [0.2, 0.25) is 0 Å². The van der Waals surface area contributed by atoms with Crippen LogP contribution in [0.4, 0.5) is 0 Å². The van der Waals surface area contributed by atoms with Crippen molar-refractivity contribution in [2.45, 2.75) is 44.2 Å². The fraction of sp³-hybridized carbons (Fsp3) is 0.500. The van der Waals surface area contributed by atoms with E-state index < -0.39 is 17.0 Å². The van der Waals surface area contributed by atoms with E-state index in [1.165, 1.54) is 12.3 Å². The smallest absolute Gasteiger partial charge is 0.341 e. The quantitative estimate of drug-likeness (QED) is 0.655. The van der Waals surface area contributed by atoms with E-state index in [0.717, 1.165) is 24.0 Å². The minimum absolute atomic E-state index is 0.0672. The summed E-state index contributed by atoms with van der Waals surface area (Å²) in [4.78, 5) is 24.3. The average molecular weight is 443 g/mol. The van der Waals surface area contributed by atoms with E-state index in [0.29, 0.717) is 37.0 Å². The third kappa shape index (κ3) is 3.78. The molecule has 8 nitrogen and oxygen atoms in total. The number of carboxylic acid groups (broad SMARTS) is 1. The molecule has 4 rings (SSSR count). The van der Waals surface area contributed by atoms with E-state index >= 15 is 0 Å². The van der Waals surface area contributed by atoms with Gasteiger partial charge in [-0.2, -0.15) is 0 Å². The maximum Gasteiger partial charge on any atom is 0.341 e. The predicted octanol–water partition coefficient (Wildman–Crippen LogP) is 3.47.